The van der Waals surface area contributed by atoms with Crippen LogP contribution in [0, 0.1) is 11.8 Å². The van der Waals surface area contributed by atoms with E-state index in [2.05, 4.69) is 0 Å². The molecule has 4 aliphatic heterocycles. The second kappa shape index (κ2) is 11.7. The molecule has 1 N–H and O–H groups in total. The van der Waals surface area contributed by atoms with E-state index in [9.17, 15) is 19.5 Å². The molecular weight excluding hydrogens is 566 g/mol. The number of rotatable bonds is 8. The number of methoxy groups -OCH3 is 1. The van der Waals surface area contributed by atoms with Gasteiger partial charge in [-0.3, -0.25) is 14.4 Å². The van der Waals surface area contributed by atoms with Gasteiger partial charge in [-0.15, -0.1) is 11.8 Å². The van der Waals surface area contributed by atoms with E-state index < -0.39 is 28.7 Å². The molecule has 226 valence electrons. The van der Waals surface area contributed by atoms with Crippen LogP contribution in [0.1, 0.15) is 20.3 Å². The zero-order valence-electron chi connectivity index (χ0n) is 24.6. The number of likely N-dealkylation sites (tertiary alicyclic amines) is 1. The Morgan fingerprint density at radius 2 is 1.53 bits per heavy atom. The molecule has 4 heterocycles. The smallest absolute Gasteiger partial charge is 0.251 e. The van der Waals surface area contributed by atoms with Crippen LogP contribution in [0.25, 0.3) is 0 Å². The van der Waals surface area contributed by atoms with Crippen molar-refractivity contribution < 1.29 is 29.0 Å². The van der Waals surface area contributed by atoms with E-state index in [0.717, 1.165) is 11.4 Å². The number of aliphatic hydroxyl groups is 1. The quantitative estimate of drug-likeness (QED) is 0.460. The van der Waals surface area contributed by atoms with Gasteiger partial charge in [-0.25, -0.2) is 0 Å². The highest BCUT2D eigenvalue weighted by Gasteiger charge is 2.71. The molecule has 2 aromatic carbocycles. The number of amides is 3. The van der Waals surface area contributed by atoms with Crippen LogP contribution in [-0.4, -0.2) is 83.2 Å². The lowest BCUT2D eigenvalue weighted by molar-refractivity contribution is -0.141. The molecule has 0 bridgehead atoms. The summed E-state index contributed by atoms with van der Waals surface area (Å²) in [5.41, 5.74) is 1.42. The first-order valence-electron chi connectivity index (χ1n) is 14.8. The van der Waals surface area contributed by atoms with Gasteiger partial charge in [0.05, 0.1) is 42.9 Å². The summed E-state index contributed by atoms with van der Waals surface area (Å²) in [6.07, 6.45) is 8.43. The monoisotopic (exact) mass is 603 g/mol. The van der Waals surface area contributed by atoms with E-state index in [4.69, 9.17) is 9.47 Å². The molecule has 6 rings (SSSR count). The Hall–Kier alpha value is -3.76. The molecule has 4 aliphatic rings. The van der Waals surface area contributed by atoms with Gasteiger partial charge in [0.25, 0.3) is 5.91 Å². The van der Waals surface area contributed by atoms with Crippen LogP contribution in [0.2, 0.25) is 0 Å². The Morgan fingerprint density at radius 1 is 0.907 bits per heavy atom. The summed E-state index contributed by atoms with van der Waals surface area (Å²) in [6, 6.07) is 13.3. The maximum atomic E-state index is 14.6. The highest BCUT2D eigenvalue weighted by Crippen LogP contribution is 2.61. The van der Waals surface area contributed by atoms with Gasteiger partial charge in [0.2, 0.25) is 11.8 Å². The summed E-state index contributed by atoms with van der Waals surface area (Å²) >= 11 is 1.53. The number of benzene rings is 2. The number of ether oxygens (including phenoxy) is 2. The van der Waals surface area contributed by atoms with Crippen molar-refractivity contribution in [3.63, 3.8) is 0 Å². The summed E-state index contributed by atoms with van der Waals surface area (Å²) in [5.74, 6) is -0.647. The summed E-state index contributed by atoms with van der Waals surface area (Å²) in [6.45, 7) is 4.80. The fourth-order valence-electron chi connectivity index (χ4n) is 7.00. The number of carbonyl (C=O) groups is 3. The van der Waals surface area contributed by atoms with Gasteiger partial charge in [-0.2, -0.15) is 0 Å². The molecule has 2 aromatic rings. The molecule has 0 aromatic heterocycles. The third-order valence-electron chi connectivity index (χ3n) is 9.02. The Balaban J connectivity index is 1.41. The molecule has 0 saturated carbocycles. The second-order valence-electron chi connectivity index (χ2n) is 11.2. The van der Waals surface area contributed by atoms with Crippen LogP contribution >= 0.6 is 11.8 Å². The normalized spacial score (nSPS) is 28.7. The van der Waals surface area contributed by atoms with E-state index in [1.807, 2.05) is 74.5 Å². The standard InChI is InChI=1S/C33H37N3O6S/c1-4-21(20-37)36-29-32(40)35(23-9-13-24(41-3)14-10-23)19-7-17-33(29)28(31(36)39)27-26(43-33)8-6-18-34(30(27)38)22-11-15-25(16-12-22)42-5-2/h6-17,21,26-29,37H,4-5,18-20H2,1-3H3/t21-,26-,27+,28-,29?,33-/m0/s1. The van der Waals surface area contributed by atoms with Crippen molar-refractivity contribution in [3.8, 4) is 11.5 Å². The highest BCUT2D eigenvalue weighted by atomic mass is 32.2. The molecule has 1 unspecified atom stereocenters. The summed E-state index contributed by atoms with van der Waals surface area (Å²) < 4.78 is 9.93. The molecule has 10 heteroatoms. The number of hydrogen-bond acceptors (Lipinski definition) is 7. The van der Waals surface area contributed by atoms with Crippen molar-refractivity contribution >= 4 is 40.9 Å². The lowest BCUT2D eigenvalue weighted by atomic mass is 9.78. The lowest BCUT2D eigenvalue weighted by Gasteiger charge is -2.38. The second-order valence-corrected chi connectivity index (χ2v) is 12.7. The van der Waals surface area contributed by atoms with Crippen LogP contribution in [-0.2, 0) is 14.4 Å². The first-order chi connectivity index (χ1) is 20.9. The van der Waals surface area contributed by atoms with Crippen molar-refractivity contribution in [2.24, 2.45) is 11.8 Å². The Labute approximate surface area is 256 Å². The molecule has 1 spiro atoms. The summed E-state index contributed by atoms with van der Waals surface area (Å²) in [7, 11) is 1.59. The van der Waals surface area contributed by atoms with E-state index in [1.54, 1.807) is 33.9 Å². The predicted octanol–water partition coefficient (Wildman–Crippen LogP) is 3.67. The summed E-state index contributed by atoms with van der Waals surface area (Å²) in [5, 5.41) is 10.1. The van der Waals surface area contributed by atoms with Crippen LogP contribution in [0.15, 0.2) is 72.8 Å². The van der Waals surface area contributed by atoms with Crippen LogP contribution in [0.3, 0.4) is 0 Å². The zero-order valence-corrected chi connectivity index (χ0v) is 25.4. The predicted molar refractivity (Wildman–Crippen MR) is 166 cm³/mol. The number of anilines is 2. The van der Waals surface area contributed by atoms with Crippen molar-refractivity contribution in [2.75, 3.05) is 43.2 Å². The minimum atomic E-state index is -0.963. The minimum absolute atomic E-state index is 0.142. The van der Waals surface area contributed by atoms with Crippen molar-refractivity contribution in [1.29, 1.82) is 0 Å². The third kappa shape index (κ3) is 4.71. The Kier molecular flexibility index (Phi) is 8.00. The van der Waals surface area contributed by atoms with Gasteiger partial charge in [0, 0.05) is 29.7 Å². The van der Waals surface area contributed by atoms with Crippen molar-refractivity contribution in [3.05, 3.63) is 72.8 Å². The number of hydrogen-bond donors (Lipinski definition) is 1. The van der Waals surface area contributed by atoms with Gasteiger partial charge in [0.15, 0.2) is 0 Å². The van der Waals surface area contributed by atoms with E-state index in [-0.39, 0.29) is 29.6 Å². The molecule has 9 nitrogen and oxygen atoms in total. The van der Waals surface area contributed by atoms with Gasteiger partial charge >= 0.3 is 0 Å². The average molecular weight is 604 g/mol. The first-order valence-corrected chi connectivity index (χ1v) is 15.7. The SMILES string of the molecule is CCOc1ccc(N2CC=C[C@@H]3S[C@]45C=CCN(c6ccc(OC)cc6)C(=O)C4N([C@@H](CC)CO)C(=O)[C@@H]5[C@@H]3C2=O)cc1. The van der Waals surface area contributed by atoms with E-state index in [1.165, 1.54) is 11.8 Å². The Bertz CT molecular complexity index is 1440. The molecule has 3 amide bonds. The first kappa shape index (κ1) is 29.3. The lowest BCUT2D eigenvalue weighted by Crippen LogP contribution is -2.56. The summed E-state index contributed by atoms with van der Waals surface area (Å²) in [4.78, 5) is 48.5. The van der Waals surface area contributed by atoms with Gasteiger partial charge < -0.3 is 29.3 Å². The van der Waals surface area contributed by atoms with Crippen molar-refractivity contribution in [1.82, 2.24) is 4.90 Å². The molecule has 6 atom stereocenters. The number of nitrogens with zero attached hydrogens (tertiary/aromatic N) is 3. The molecule has 43 heavy (non-hydrogen) atoms. The fourth-order valence-corrected chi connectivity index (χ4v) is 8.99. The van der Waals surface area contributed by atoms with Gasteiger partial charge in [-0.1, -0.05) is 31.2 Å². The van der Waals surface area contributed by atoms with Crippen LogP contribution in [0.5, 0.6) is 11.5 Å². The van der Waals surface area contributed by atoms with Gasteiger partial charge in [0.1, 0.15) is 17.5 Å². The van der Waals surface area contributed by atoms with Gasteiger partial charge in [-0.05, 0) is 61.9 Å². The highest BCUT2D eigenvalue weighted by molar-refractivity contribution is 8.02. The molecule has 0 aliphatic carbocycles. The topological polar surface area (TPSA) is 99.6 Å². The largest absolute Gasteiger partial charge is 0.497 e. The fraction of sp³-hybridized carbons (Fsp3) is 0.424. The molecule has 2 fully saturated rings. The Morgan fingerprint density at radius 3 is 2.14 bits per heavy atom. The number of fused-ring (bicyclic) bond motifs is 2. The average Bonchev–Trinajstić information content (AvgIpc) is 3.34. The number of aliphatic hydroxyl groups excluding tert-OH is 1. The van der Waals surface area contributed by atoms with Crippen LogP contribution < -0.4 is 19.3 Å². The minimum Gasteiger partial charge on any atom is -0.497 e. The third-order valence-corrected chi connectivity index (χ3v) is 10.8. The van der Waals surface area contributed by atoms with E-state index in [0.29, 0.717) is 37.6 Å². The zero-order chi connectivity index (χ0) is 30.3. The number of thioether (sulfide) groups is 1. The number of carbonyl (C=O) groups excluding carboxylic acids is 3. The molecule has 0 radical (unpaired) electrons. The maximum absolute atomic E-state index is 14.6. The van der Waals surface area contributed by atoms with E-state index >= 15 is 0 Å². The molecule has 2 saturated heterocycles. The van der Waals surface area contributed by atoms with Crippen molar-refractivity contribution in [2.45, 2.75) is 42.3 Å². The molecular formula is C33H37N3O6S. The van der Waals surface area contributed by atoms with Crippen LogP contribution in [0.4, 0.5) is 11.4 Å². The maximum Gasteiger partial charge on any atom is 0.251 e.